The lowest BCUT2D eigenvalue weighted by molar-refractivity contribution is -0.115. The van der Waals surface area contributed by atoms with Gasteiger partial charge >= 0.3 is 0 Å². The predicted octanol–water partition coefficient (Wildman–Crippen LogP) is 2.65. The molecule has 0 bridgehead atoms. The van der Waals surface area contributed by atoms with Gasteiger partial charge in [0.15, 0.2) is 0 Å². The summed E-state index contributed by atoms with van der Waals surface area (Å²) in [5, 5.41) is 7.06. The molecular weight excluding hydrogens is 254 g/mol. The van der Waals surface area contributed by atoms with E-state index in [1.807, 2.05) is 38.1 Å². The van der Waals surface area contributed by atoms with E-state index in [1.54, 1.807) is 24.1 Å². The number of hydrogen-bond donors (Lipinski definition) is 1. The van der Waals surface area contributed by atoms with Gasteiger partial charge in [0.1, 0.15) is 11.6 Å². The molecule has 106 valence electrons. The second-order valence-corrected chi connectivity index (χ2v) is 4.79. The van der Waals surface area contributed by atoms with Crippen molar-refractivity contribution in [2.24, 2.45) is 0 Å². The van der Waals surface area contributed by atoms with E-state index in [2.05, 4.69) is 10.4 Å². The van der Waals surface area contributed by atoms with Crippen molar-refractivity contribution >= 4 is 11.7 Å². The molecule has 1 amide bonds. The fourth-order valence-corrected chi connectivity index (χ4v) is 2.03. The van der Waals surface area contributed by atoms with Crippen molar-refractivity contribution in [2.75, 3.05) is 12.4 Å². The highest BCUT2D eigenvalue weighted by molar-refractivity contribution is 5.91. The molecule has 5 heteroatoms. The van der Waals surface area contributed by atoms with Crippen LogP contribution in [-0.4, -0.2) is 22.8 Å². The molecule has 0 radical (unpaired) electrons. The summed E-state index contributed by atoms with van der Waals surface area (Å²) < 4.78 is 7.02. The van der Waals surface area contributed by atoms with Gasteiger partial charge in [-0.15, -0.1) is 0 Å². The van der Waals surface area contributed by atoms with Gasteiger partial charge in [0.2, 0.25) is 5.91 Å². The standard InChI is InChI=1S/C15H19N3O2/c1-11(2)18-14(8-9-16-18)17-15(19)10-12-6-4-5-7-13(12)20-3/h4-9,11H,10H2,1-3H3,(H,17,19). The van der Waals surface area contributed by atoms with Crippen molar-refractivity contribution < 1.29 is 9.53 Å². The van der Waals surface area contributed by atoms with Crippen molar-refractivity contribution in [1.29, 1.82) is 0 Å². The summed E-state index contributed by atoms with van der Waals surface area (Å²) in [6.45, 7) is 4.03. The molecule has 2 rings (SSSR count). The van der Waals surface area contributed by atoms with Crippen LogP contribution in [0.4, 0.5) is 5.82 Å². The van der Waals surface area contributed by atoms with Crippen LogP contribution in [0.15, 0.2) is 36.5 Å². The van der Waals surface area contributed by atoms with Crippen molar-refractivity contribution in [2.45, 2.75) is 26.3 Å². The monoisotopic (exact) mass is 273 g/mol. The molecule has 0 aliphatic carbocycles. The molecule has 0 spiro atoms. The molecule has 1 heterocycles. The maximum atomic E-state index is 12.1. The number of carbonyl (C=O) groups excluding carboxylic acids is 1. The fourth-order valence-electron chi connectivity index (χ4n) is 2.03. The molecule has 0 saturated carbocycles. The molecule has 1 aromatic heterocycles. The molecular formula is C15H19N3O2. The first kappa shape index (κ1) is 14.1. The average molecular weight is 273 g/mol. The van der Waals surface area contributed by atoms with E-state index in [1.165, 1.54) is 0 Å². The van der Waals surface area contributed by atoms with E-state index in [-0.39, 0.29) is 18.4 Å². The SMILES string of the molecule is COc1ccccc1CC(=O)Nc1ccnn1C(C)C. The highest BCUT2D eigenvalue weighted by atomic mass is 16.5. The molecule has 0 aliphatic heterocycles. The van der Waals surface area contributed by atoms with Crippen LogP contribution in [-0.2, 0) is 11.2 Å². The van der Waals surface area contributed by atoms with Crippen LogP contribution in [0.1, 0.15) is 25.5 Å². The zero-order valence-electron chi connectivity index (χ0n) is 12.0. The number of para-hydroxylation sites is 1. The zero-order chi connectivity index (χ0) is 14.5. The number of nitrogens with zero attached hydrogens (tertiary/aromatic N) is 2. The molecule has 0 atom stereocenters. The third kappa shape index (κ3) is 3.17. The van der Waals surface area contributed by atoms with Crippen molar-refractivity contribution in [3.05, 3.63) is 42.1 Å². The predicted molar refractivity (Wildman–Crippen MR) is 77.9 cm³/mol. The van der Waals surface area contributed by atoms with E-state index >= 15 is 0 Å². The number of anilines is 1. The van der Waals surface area contributed by atoms with Gasteiger partial charge in [-0.2, -0.15) is 5.10 Å². The number of rotatable bonds is 5. The average Bonchev–Trinajstić information content (AvgIpc) is 2.87. The summed E-state index contributed by atoms with van der Waals surface area (Å²) in [5.74, 6) is 1.34. The van der Waals surface area contributed by atoms with E-state index in [4.69, 9.17) is 4.74 Å². The Morgan fingerprint density at radius 2 is 2.10 bits per heavy atom. The van der Waals surface area contributed by atoms with E-state index in [9.17, 15) is 4.79 Å². The Kier molecular flexibility index (Phi) is 4.40. The highest BCUT2D eigenvalue weighted by Crippen LogP contribution is 2.19. The first-order chi connectivity index (χ1) is 9.61. The fraction of sp³-hybridized carbons (Fsp3) is 0.333. The first-order valence-electron chi connectivity index (χ1n) is 6.57. The zero-order valence-corrected chi connectivity index (χ0v) is 12.0. The smallest absolute Gasteiger partial charge is 0.230 e. The van der Waals surface area contributed by atoms with Gasteiger partial charge < -0.3 is 10.1 Å². The number of hydrogen-bond acceptors (Lipinski definition) is 3. The van der Waals surface area contributed by atoms with Crippen LogP contribution in [0.2, 0.25) is 0 Å². The summed E-state index contributed by atoms with van der Waals surface area (Å²) in [6, 6.07) is 9.50. The van der Waals surface area contributed by atoms with Crippen LogP contribution in [0.25, 0.3) is 0 Å². The third-order valence-electron chi connectivity index (χ3n) is 2.97. The first-order valence-corrected chi connectivity index (χ1v) is 6.57. The summed E-state index contributed by atoms with van der Waals surface area (Å²) in [6.07, 6.45) is 1.95. The van der Waals surface area contributed by atoms with E-state index < -0.39 is 0 Å². The molecule has 20 heavy (non-hydrogen) atoms. The minimum atomic E-state index is -0.0862. The maximum absolute atomic E-state index is 12.1. The number of carbonyl (C=O) groups is 1. The molecule has 0 unspecified atom stereocenters. The van der Waals surface area contributed by atoms with Crippen LogP contribution < -0.4 is 10.1 Å². The lowest BCUT2D eigenvalue weighted by atomic mass is 10.1. The van der Waals surface area contributed by atoms with Crippen molar-refractivity contribution in [3.63, 3.8) is 0 Å². The lowest BCUT2D eigenvalue weighted by Gasteiger charge is -2.12. The summed E-state index contributed by atoms with van der Waals surface area (Å²) in [7, 11) is 1.60. The molecule has 1 aromatic carbocycles. The van der Waals surface area contributed by atoms with Crippen molar-refractivity contribution in [3.8, 4) is 5.75 Å². The van der Waals surface area contributed by atoms with Crippen LogP contribution in [0, 0.1) is 0 Å². The maximum Gasteiger partial charge on any atom is 0.230 e. The second-order valence-electron chi connectivity index (χ2n) is 4.79. The number of ether oxygens (including phenoxy) is 1. The van der Waals surface area contributed by atoms with E-state index in [0.717, 1.165) is 11.3 Å². The Morgan fingerprint density at radius 3 is 2.80 bits per heavy atom. The Bertz CT molecular complexity index is 590. The quantitative estimate of drug-likeness (QED) is 0.911. The molecule has 5 nitrogen and oxygen atoms in total. The summed E-state index contributed by atoms with van der Waals surface area (Å²) in [4.78, 5) is 12.1. The Hall–Kier alpha value is -2.30. The number of amides is 1. The topological polar surface area (TPSA) is 56.1 Å². The molecule has 0 fully saturated rings. The van der Waals surface area contributed by atoms with Gasteiger partial charge in [0.25, 0.3) is 0 Å². The Labute approximate surface area is 118 Å². The summed E-state index contributed by atoms with van der Waals surface area (Å²) >= 11 is 0. The van der Waals surface area contributed by atoms with Gasteiger partial charge in [-0.1, -0.05) is 18.2 Å². The third-order valence-corrected chi connectivity index (χ3v) is 2.97. The second kappa shape index (κ2) is 6.23. The highest BCUT2D eigenvalue weighted by Gasteiger charge is 2.12. The van der Waals surface area contributed by atoms with Gasteiger partial charge in [-0.3, -0.25) is 4.79 Å². The minimum absolute atomic E-state index is 0.0862. The molecule has 1 N–H and O–H groups in total. The number of aromatic nitrogens is 2. The van der Waals surface area contributed by atoms with Crippen molar-refractivity contribution in [1.82, 2.24) is 9.78 Å². The molecule has 0 aliphatic rings. The van der Waals surface area contributed by atoms with Crippen LogP contribution >= 0.6 is 0 Å². The molecule has 2 aromatic rings. The van der Waals surface area contributed by atoms with Gasteiger partial charge in [0.05, 0.1) is 19.7 Å². The Balaban J connectivity index is 2.07. The Morgan fingerprint density at radius 1 is 1.35 bits per heavy atom. The van der Waals surface area contributed by atoms with Gasteiger partial charge in [0, 0.05) is 17.7 Å². The van der Waals surface area contributed by atoms with Crippen LogP contribution in [0.5, 0.6) is 5.75 Å². The number of methoxy groups -OCH3 is 1. The van der Waals surface area contributed by atoms with Gasteiger partial charge in [-0.05, 0) is 19.9 Å². The lowest BCUT2D eigenvalue weighted by Crippen LogP contribution is -2.18. The van der Waals surface area contributed by atoms with Gasteiger partial charge in [-0.25, -0.2) is 4.68 Å². The largest absolute Gasteiger partial charge is 0.496 e. The number of benzene rings is 1. The normalized spacial score (nSPS) is 10.6. The summed E-state index contributed by atoms with van der Waals surface area (Å²) in [5.41, 5.74) is 0.864. The van der Waals surface area contributed by atoms with E-state index in [0.29, 0.717) is 5.82 Å². The minimum Gasteiger partial charge on any atom is -0.496 e. The molecule has 0 saturated heterocycles. The van der Waals surface area contributed by atoms with Crippen LogP contribution in [0.3, 0.4) is 0 Å². The number of nitrogens with one attached hydrogen (secondary N) is 1.